The van der Waals surface area contributed by atoms with E-state index in [0.717, 1.165) is 0 Å². The highest BCUT2D eigenvalue weighted by molar-refractivity contribution is 4.80. The van der Waals surface area contributed by atoms with E-state index in [9.17, 15) is 26.3 Å². The van der Waals surface area contributed by atoms with Crippen molar-refractivity contribution in [2.75, 3.05) is 6.54 Å². The lowest BCUT2D eigenvalue weighted by atomic mass is 10.1. The summed E-state index contributed by atoms with van der Waals surface area (Å²) in [5, 5.41) is 2.82. The lowest BCUT2D eigenvalue weighted by molar-refractivity contribution is -0.330. The van der Waals surface area contributed by atoms with Crippen LogP contribution in [0.1, 0.15) is 34.1 Å². The number of rotatable bonds is 5. The van der Waals surface area contributed by atoms with Gasteiger partial charge in [-0.25, -0.2) is 0 Å². The molecule has 1 unspecified atom stereocenters. The predicted octanol–water partition coefficient (Wildman–Crippen LogP) is 3.66. The van der Waals surface area contributed by atoms with Crippen LogP contribution in [0.25, 0.3) is 0 Å². The fourth-order valence-corrected chi connectivity index (χ4v) is 1.24. The number of hydrogen-bond acceptors (Lipinski definition) is 2. The van der Waals surface area contributed by atoms with Crippen LogP contribution in [-0.2, 0) is 4.74 Å². The van der Waals surface area contributed by atoms with Crippen molar-refractivity contribution in [2.45, 2.75) is 64.2 Å². The lowest BCUT2D eigenvalue weighted by Crippen LogP contribution is -2.49. The molecule has 1 N–H and O–H groups in total. The molecule has 0 aliphatic heterocycles. The van der Waals surface area contributed by atoms with Gasteiger partial charge in [0.15, 0.2) is 0 Å². The molecular formula is C11H19F6NO. The summed E-state index contributed by atoms with van der Waals surface area (Å²) in [4.78, 5) is 0. The third-order valence-corrected chi connectivity index (χ3v) is 2.24. The molecule has 0 heterocycles. The molecule has 0 fully saturated rings. The summed E-state index contributed by atoms with van der Waals surface area (Å²) in [6.07, 6.45) is -15.8. The Morgan fingerprint density at radius 2 is 1.37 bits per heavy atom. The van der Waals surface area contributed by atoms with Gasteiger partial charge < -0.3 is 10.1 Å². The fraction of sp³-hybridized carbons (Fsp3) is 1.00. The molecule has 0 radical (unpaired) electrons. The summed E-state index contributed by atoms with van der Waals surface area (Å²) in [7, 11) is 0. The van der Waals surface area contributed by atoms with Crippen molar-refractivity contribution in [3.8, 4) is 0 Å². The average molecular weight is 295 g/mol. The SMILES string of the molecule is CCC(CNC(C)(C)C)OC(C(F)(F)F)C(F)(F)F. The zero-order valence-electron chi connectivity index (χ0n) is 11.2. The minimum atomic E-state index is -5.46. The van der Waals surface area contributed by atoms with Crippen LogP contribution in [0.2, 0.25) is 0 Å². The van der Waals surface area contributed by atoms with E-state index in [1.165, 1.54) is 6.92 Å². The predicted molar refractivity (Wildman–Crippen MR) is 58.8 cm³/mol. The van der Waals surface area contributed by atoms with Crippen LogP contribution in [-0.4, -0.2) is 36.6 Å². The minimum Gasteiger partial charge on any atom is -0.356 e. The Labute approximate surface area is 108 Å². The monoisotopic (exact) mass is 295 g/mol. The van der Waals surface area contributed by atoms with Gasteiger partial charge in [-0.3, -0.25) is 0 Å². The molecule has 0 spiro atoms. The Morgan fingerprint density at radius 1 is 0.947 bits per heavy atom. The quantitative estimate of drug-likeness (QED) is 0.782. The molecule has 0 amide bonds. The minimum absolute atomic E-state index is 0.0474. The summed E-state index contributed by atoms with van der Waals surface area (Å²) in [5.74, 6) is 0. The van der Waals surface area contributed by atoms with Gasteiger partial charge in [-0.2, -0.15) is 26.3 Å². The summed E-state index contributed by atoms with van der Waals surface area (Å²) >= 11 is 0. The maximum Gasteiger partial charge on any atom is 0.423 e. The maximum absolute atomic E-state index is 12.3. The Morgan fingerprint density at radius 3 is 1.63 bits per heavy atom. The van der Waals surface area contributed by atoms with E-state index >= 15 is 0 Å². The van der Waals surface area contributed by atoms with Gasteiger partial charge in [0, 0.05) is 12.1 Å². The first-order valence-corrected chi connectivity index (χ1v) is 5.81. The second-order valence-corrected chi connectivity index (χ2v) is 5.26. The first-order valence-electron chi connectivity index (χ1n) is 5.81. The van der Waals surface area contributed by atoms with E-state index < -0.39 is 30.1 Å². The third kappa shape index (κ3) is 7.61. The number of alkyl halides is 6. The second-order valence-electron chi connectivity index (χ2n) is 5.26. The van der Waals surface area contributed by atoms with Crippen LogP contribution < -0.4 is 5.32 Å². The maximum atomic E-state index is 12.3. The normalized spacial score (nSPS) is 15.9. The van der Waals surface area contributed by atoms with E-state index in [4.69, 9.17) is 0 Å². The molecule has 0 bridgehead atoms. The molecule has 0 saturated carbocycles. The highest BCUT2D eigenvalue weighted by Gasteiger charge is 2.58. The van der Waals surface area contributed by atoms with Crippen molar-refractivity contribution in [3.05, 3.63) is 0 Å². The zero-order chi connectivity index (χ0) is 15.5. The van der Waals surface area contributed by atoms with E-state index in [-0.39, 0.29) is 13.0 Å². The topological polar surface area (TPSA) is 21.3 Å². The van der Waals surface area contributed by atoms with E-state index in [0.29, 0.717) is 0 Å². The molecule has 0 saturated heterocycles. The van der Waals surface area contributed by atoms with Crippen LogP contribution >= 0.6 is 0 Å². The van der Waals surface area contributed by atoms with Crippen molar-refractivity contribution in [1.29, 1.82) is 0 Å². The van der Waals surface area contributed by atoms with Gasteiger partial charge in [-0.15, -0.1) is 0 Å². The summed E-state index contributed by atoms with van der Waals surface area (Å²) in [6.45, 7) is 6.65. The van der Waals surface area contributed by atoms with Crippen LogP contribution in [0.5, 0.6) is 0 Å². The highest BCUT2D eigenvalue weighted by atomic mass is 19.4. The average Bonchev–Trinajstić information content (AvgIpc) is 2.12. The smallest absolute Gasteiger partial charge is 0.356 e. The largest absolute Gasteiger partial charge is 0.423 e. The van der Waals surface area contributed by atoms with E-state index in [2.05, 4.69) is 10.1 Å². The van der Waals surface area contributed by atoms with E-state index in [1.807, 2.05) is 0 Å². The molecule has 1 atom stereocenters. The standard InChI is InChI=1S/C11H19F6NO/c1-5-7(6-18-9(2,3)4)19-8(10(12,13)14)11(15,16)17/h7-8,18H,5-6H2,1-4H3. The number of ether oxygens (including phenoxy) is 1. The number of nitrogens with one attached hydrogen (secondary N) is 1. The van der Waals surface area contributed by atoms with Gasteiger partial charge in [-0.1, -0.05) is 6.92 Å². The first kappa shape index (κ1) is 18.5. The molecule has 2 nitrogen and oxygen atoms in total. The molecule has 0 aliphatic rings. The van der Waals surface area contributed by atoms with Gasteiger partial charge in [-0.05, 0) is 27.2 Å². The Balaban J connectivity index is 4.72. The molecular weight excluding hydrogens is 276 g/mol. The molecule has 0 aromatic rings. The number of halogens is 6. The Bertz CT molecular complexity index is 254. The second kappa shape index (κ2) is 6.30. The van der Waals surface area contributed by atoms with Crippen LogP contribution in [0.15, 0.2) is 0 Å². The van der Waals surface area contributed by atoms with Crippen molar-refractivity contribution in [1.82, 2.24) is 5.32 Å². The Kier molecular flexibility index (Phi) is 6.13. The van der Waals surface area contributed by atoms with Crippen LogP contribution in [0.4, 0.5) is 26.3 Å². The lowest BCUT2D eigenvalue weighted by Gasteiger charge is -2.30. The summed E-state index contributed by atoms with van der Waals surface area (Å²) in [6, 6.07) is 0. The molecule has 0 rings (SSSR count). The van der Waals surface area contributed by atoms with Crippen molar-refractivity contribution in [3.63, 3.8) is 0 Å². The summed E-state index contributed by atoms with van der Waals surface area (Å²) in [5.41, 5.74) is -0.414. The van der Waals surface area contributed by atoms with Gasteiger partial charge in [0.25, 0.3) is 0 Å². The molecule has 19 heavy (non-hydrogen) atoms. The fourth-order valence-electron chi connectivity index (χ4n) is 1.24. The summed E-state index contributed by atoms with van der Waals surface area (Å²) < 4.78 is 78.1. The first-order chi connectivity index (χ1) is 8.27. The molecule has 116 valence electrons. The molecule has 0 aromatic carbocycles. The van der Waals surface area contributed by atoms with Crippen molar-refractivity contribution >= 4 is 0 Å². The number of hydrogen-bond donors (Lipinski definition) is 1. The third-order valence-electron chi connectivity index (χ3n) is 2.24. The van der Waals surface area contributed by atoms with Crippen molar-refractivity contribution < 1.29 is 31.1 Å². The van der Waals surface area contributed by atoms with Gasteiger partial charge in [0.05, 0.1) is 6.10 Å². The molecule has 8 heteroatoms. The highest BCUT2D eigenvalue weighted by Crippen LogP contribution is 2.36. The van der Waals surface area contributed by atoms with E-state index in [1.54, 1.807) is 20.8 Å². The van der Waals surface area contributed by atoms with Crippen LogP contribution in [0.3, 0.4) is 0 Å². The van der Waals surface area contributed by atoms with Gasteiger partial charge >= 0.3 is 12.4 Å². The zero-order valence-corrected chi connectivity index (χ0v) is 11.2. The molecule has 0 aromatic heterocycles. The van der Waals surface area contributed by atoms with Crippen molar-refractivity contribution in [2.24, 2.45) is 0 Å². The Hall–Kier alpha value is -0.500. The van der Waals surface area contributed by atoms with Gasteiger partial charge in [0.2, 0.25) is 6.10 Å². The van der Waals surface area contributed by atoms with Crippen LogP contribution in [0, 0.1) is 0 Å². The van der Waals surface area contributed by atoms with Gasteiger partial charge in [0.1, 0.15) is 0 Å². The molecule has 0 aliphatic carbocycles.